The lowest BCUT2D eigenvalue weighted by molar-refractivity contribution is 0.0696. The van der Waals surface area contributed by atoms with Crippen LogP contribution in [0.2, 0.25) is 0 Å². The van der Waals surface area contributed by atoms with Crippen molar-refractivity contribution in [1.29, 1.82) is 0 Å². The second kappa shape index (κ2) is 5.67. The van der Waals surface area contributed by atoms with E-state index in [9.17, 15) is 9.90 Å². The number of aromatic carboxylic acids is 1. The van der Waals surface area contributed by atoms with Gasteiger partial charge in [-0.05, 0) is 19.8 Å². The molecule has 0 radical (unpaired) electrons. The predicted octanol–water partition coefficient (Wildman–Crippen LogP) is 1.49. The number of carboxylic acids is 1. The third-order valence-electron chi connectivity index (χ3n) is 4.86. The Morgan fingerprint density at radius 3 is 2.38 bits per heavy atom. The Bertz CT molecular complexity index is 526. The monoisotopic (exact) mass is 292 g/mol. The van der Waals surface area contributed by atoms with Gasteiger partial charge in [0.1, 0.15) is 11.4 Å². The maximum Gasteiger partial charge on any atom is 0.341 e. The molecule has 0 spiro atoms. The second-order valence-corrected chi connectivity index (χ2v) is 6.17. The highest BCUT2D eigenvalue weighted by atomic mass is 16.4. The Hall–Kier alpha value is -1.56. The number of piperazine rings is 1. The molecule has 2 heterocycles. The summed E-state index contributed by atoms with van der Waals surface area (Å²) in [5, 5.41) is 13.7. The Labute approximate surface area is 125 Å². The lowest BCUT2D eigenvalue weighted by Gasteiger charge is -2.39. The van der Waals surface area contributed by atoms with Crippen molar-refractivity contribution in [3.05, 3.63) is 11.3 Å². The predicted molar refractivity (Wildman–Crippen MR) is 80.9 cm³/mol. The van der Waals surface area contributed by atoms with Crippen molar-refractivity contribution < 1.29 is 9.90 Å². The van der Waals surface area contributed by atoms with E-state index in [2.05, 4.69) is 14.9 Å². The largest absolute Gasteiger partial charge is 0.477 e. The summed E-state index contributed by atoms with van der Waals surface area (Å²) in [6.45, 7) is 5.58. The van der Waals surface area contributed by atoms with Crippen molar-refractivity contribution >= 4 is 11.8 Å². The maximum atomic E-state index is 11.5. The third-order valence-corrected chi connectivity index (χ3v) is 4.86. The van der Waals surface area contributed by atoms with Crippen LogP contribution in [0.25, 0.3) is 0 Å². The molecular formula is C15H24N4O2. The van der Waals surface area contributed by atoms with Crippen LogP contribution < -0.4 is 4.90 Å². The molecule has 1 aromatic rings. The molecule has 0 aromatic carbocycles. The second-order valence-electron chi connectivity index (χ2n) is 6.17. The molecule has 1 saturated carbocycles. The average molecular weight is 292 g/mol. The van der Waals surface area contributed by atoms with E-state index in [1.54, 1.807) is 11.6 Å². The van der Waals surface area contributed by atoms with Gasteiger partial charge in [0.2, 0.25) is 0 Å². The Kier molecular flexibility index (Phi) is 3.89. The number of rotatable bonds is 3. The molecule has 2 fully saturated rings. The lowest BCUT2D eigenvalue weighted by Crippen LogP contribution is -2.50. The van der Waals surface area contributed by atoms with Crippen LogP contribution in [0.4, 0.5) is 5.82 Å². The van der Waals surface area contributed by atoms with Crippen LogP contribution in [-0.2, 0) is 7.05 Å². The first-order valence-electron chi connectivity index (χ1n) is 7.84. The fraction of sp³-hybridized carbons (Fsp3) is 0.733. The van der Waals surface area contributed by atoms with Gasteiger partial charge in [-0.15, -0.1) is 0 Å². The highest BCUT2D eigenvalue weighted by molar-refractivity contribution is 5.94. The molecule has 1 aliphatic carbocycles. The van der Waals surface area contributed by atoms with Crippen molar-refractivity contribution in [3.8, 4) is 0 Å². The highest BCUT2D eigenvalue weighted by Gasteiger charge is 2.30. The van der Waals surface area contributed by atoms with Crippen LogP contribution in [-0.4, -0.2) is 58.0 Å². The van der Waals surface area contributed by atoms with Crippen molar-refractivity contribution in [2.75, 3.05) is 31.1 Å². The standard InChI is InChI=1S/C15H24N4O2/c1-11-13(15(20)21)14(17(2)16-11)19-9-7-18(8-10-19)12-5-3-4-6-12/h12H,3-10H2,1-2H3,(H,20,21). The van der Waals surface area contributed by atoms with Gasteiger partial charge >= 0.3 is 5.97 Å². The van der Waals surface area contributed by atoms with Crippen molar-refractivity contribution in [3.63, 3.8) is 0 Å². The van der Waals surface area contributed by atoms with Crippen LogP contribution in [0.1, 0.15) is 41.7 Å². The van der Waals surface area contributed by atoms with Crippen LogP contribution in [0, 0.1) is 6.92 Å². The third kappa shape index (κ3) is 2.64. The number of anilines is 1. The minimum Gasteiger partial charge on any atom is -0.477 e. The zero-order valence-corrected chi connectivity index (χ0v) is 12.9. The first-order valence-corrected chi connectivity index (χ1v) is 7.84. The molecule has 0 bridgehead atoms. The van der Waals surface area contributed by atoms with E-state index in [-0.39, 0.29) is 0 Å². The molecule has 21 heavy (non-hydrogen) atoms. The van der Waals surface area contributed by atoms with E-state index < -0.39 is 5.97 Å². The van der Waals surface area contributed by atoms with Crippen molar-refractivity contribution in [1.82, 2.24) is 14.7 Å². The number of carbonyl (C=O) groups is 1. The molecule has 2 aliphatic rings. The fourth-order valence-corrected chi connectivity index (χ4v) is 3.83. The molecule has 3 rings (SSSR count). The highest BCUT2D eigenvalue weighted by Crippen LogP contribution is 2.28. The van der Waals surface area contributed by atoms with E-state index in [1.165, 1.54) is 25.7 Å². The summed E-state index contributed by atoms with van der Waals surface area (Å²) in [5.41, 5.74) is 0.949. The summed E-state index contributed by atoms with van der Waals surface area (Å²) in [6.07, 6.45) is 5.36. The van der Waals surface area contributed by atoms with E-state index in [1.807, 2.05) is 7.05 Å². The Morgan fingerprint density at radius 1 is 1.19 bits per heavy atom. The summed E-state index contributed by atoms with van der Waals surface area (Å²) in [4.78, 5) is 16.2. The van der Waals surface area contributed by atoms with Gasteiger partial charge in [-0.1, -0.05) is 12.8 Å². The zero-order chi connectivity index (χ0) is 15.0. The van der Waals surface area contributed by atoms with Gasteiger partial charge in [-0.25, -0.2) is 4.79 Å². The minimum atomic E-state index is -0.881. The molecule has 0 unspecified atom stereocenters. The normalized spacial score (nSPS) is 21.1. The Balaban J connectivity index is 1.73. The van der Waals surface area contributed by atoms with Crippen LogP contribution in [0.3, 0.4) is 0 Å². The van der Waals surface area contributed by atoms with Crippen LogP contribution >= 0.6 is 0 Å². The topological polar surface area (TPSA) is 61.6 Å². The zero-order valence-electron chi connectivity index (χ0n) is 12.9. The number of hydrogen-bond donors (Lipinski definition) is 1. The smallest absolute Gasteiger partial charge is 0.341 e. The van der Waals surface area contributed by atoms with Crippen molar-refractivity contribution in [2.24, 2.45) is 7.05 Å². The van der Waals surface area contributed by atoms with Crippen LogP contribution in [0.5, 0.6) is 0 Å². The number of hydrogen-bond acceptors (Lipinski definition) is 4. The Morgan fingerprint density at radius 2 is 1.81 bits per heavy atom. The SMILES string of the molecule is Cc1nn(C)c(N2CCN(C3CCCC3)CC2)c1C(=O)O. The van der Waals surface area contributed by atoms with Gasteiger partial charge in [-0.3, -0.25) is 9.58 Å². The van der Waals surface area contributed by atoms with E-state index in [0.717, 1.165) is 38.0 Å². The molecule has 1 saturated heterocycles. The summed E-state index contributed by atoms with van der Waals surface area (Å²) >= 11 is 0. The molecule has 6 heteroatoms. The molecular weight excluding hydrogens is 268 g/mol. The summed E-state index contributed by atoms with van der Waals surface area (Å²) in [6, 6.07) is 0.749. The molecule has 0 amide bonds. The molecule has 1 aliphatic heterocycles. The average Bonchev–Trinajstić information content (AvgIpc) is 3.06. The molecule has 1 N–H and O–H groups in total. The number of nitrogens with zero attached hydrogens (tertiary/aromatic N) is 4. The summed E-state index contributed by atoms with van der Waals surface area (Å²) < 4.78 is 1.71. The van der Waals surface area contributed by atoms with Gasteiger partial charge in [0.25, 0.3) is 0 Å². The van der Waals surface area contributed by atoms with Gasteiger partial charge in [0, 0.05) is 39.3 Å². The van der Waals surface area contributed by atoms with Crippen LogP contribution in [0.15, 0.2) is 0 Å². The number of aryl methyl sites for hydroxylation is 2. The molecule has 116 valence electrons. The molecule has 0 atom stereocenters. The van der Waals surface area contributed by atoms with Gasteiger partial charge in [0.15, 0.2) is 0 Å². The molecule has 6 nitrogen and oxygen atoms in total. The van der Waals surface area contributed by atoms with Gasteiger partial charge in [0.05, 0.1) is 5.69 Å². The summed E-state index contributed by atoms with van der Waals surface area (Å²) in [7, 11) is 1.83. The lowest BCUT2D eigenvalue weighted by atomic mass is 10.1. The van der Waals surface area contributed by atoms with Gasteiger partial charge in [-0.2, -0.15) is 5.10 Å². The van der Waals surface area contributed by atoms with E-state index >= 15 is 0 Å². The minimum absolute atomic E-state index is 0.354. The maximum absolute atomic E-state index is 11.5. The van der Waals surface area contributed by atoms with E-state index in [0.29, 0.717) is 11.3 Å². The fourth-order valence-electron chi connectivity index (χ4n) is 3.83. The van der Waals surface area contributed by atoms with E-state index in [4.69, 9.17) is 0 Å². The quantitative estimate of drug-likeness (QED) is 0.914. The number of carboxylic acid groups (broad SMARTS) is 1. The first kappa shape index (κ1) is 14.4. The molecule has 1 aromatic heterocycles. The van der Waals surface area contributed by atoms with Crippen molar-refractivity contribution in [2.45, 2.75) is 38.6 Å². The number of aromatic nitrogens is 2. The summed E-state index contributed by atoms with van der Waals surface area (Å²) in [5.74, 6) is -0.125. The van der Waals surface area contributed by atoms with Gasteiger partial charge < -0.3 is 10.0 Å². The first-order chi connectivity index (χ1) is 10.1.